The van der Waals surface area contributed by atoms with Gasteiger partial charge in [-0.2, -0.15) is 0 Å². The van der Waals surface area contributed by atoms with Gasteiger partial charge >= 0.3 is 0 Å². The number of aryl methyl sites for hydroxylation is 1. The van der Waals surface area contributed by atoms with E-state index < -0.39 is 0 Å². The third-order valence-electron chi connectivity index (χ3n) is 2.84. The Kier molecular flexibility index (Phi) is 4.73. The van der Waals surface area contributed by atoms with Gasteiger partial charge in [0, 0.05) is 31.2 Å². The Morgan fingerprint density at radius 2 is 2.30 bits per heavy atom. The zero-order valence-electron chi connectivity index (χ0n) is 11.6. The molecule has 6 heteroatoms. The normalized spacial score (nSPS) is 10.3. The highest BCUT2D eigenvalue weighted by Gasteiger charge is 2.04. The predicted molar refractivity (Wildman–Crippen MR) is 76.5 cm³/mol. The molecule has 2 aromatic rings. The quantitative estimate of drug-likeness (QED) is 0.829. The van der Waals surface area contributed by atoms with Crippen molar-refractivity contribution in [2.45, 2.75) is 6.54 Å². The van der Waals surface area contributed by atoms with Gasteiger partial charge in [-0.3, -0.25) is 4.79 Å². The van der Waals surface area contributed by atoms with Crippen molar-refractivity contribution in [3.05, 3.63) is 42.5 Å². The summed E-state index contributed by atoms with van der Waals surface area (Å²) in [6.07, 6.45) is 3.60. The summed E-state index contributed by atoms with van der Waals surface area (Å²) in [5, 5.41) is 5.85. The van der Waals surface area contributed by atoms with Gasteiger partial charge < -0.3 is 19.9 Å². The number of ether oxygens (including phenoxy) is 1. The molecular formula is C14H18N4O2. The van der Waals surface area contributed by atoms with Gasteiger partial charge in [0.15, 0.2) is 0 Å². The molecular weight excluding hydrogens is 256 g/mol. The number of methoxy groups -OCH3 is 1. The topological polar surface area (TPSA) is 68.2 Å². The number of benzene rings is 1. The van der Waals surface area contributed by atoms with Crippen LogP contribution in [0, 0.1) is 0 Å². The standard InChI is InChI=1S/C14H18N4O2/c1-18-7-6-16-13(18)9-15-10-14(19)17-11-4-3-5-12(8-11)20-2/h3-8,15H,9-10H2,1-2H3,(H,17,19). The van der Waals surface area contributed by atoms with Crippen molar-refractivity contribution in [2.75, 3.05) is 19.0 Å². The Bertz CT molecular complexity index is 580. The molecule has 106 valence electrons. The van der Waals surface area contributed by atoms with Crippen LogP contribution in [-0.2, 0) is 18.4 Å². The summed E-state index contributed by atoms with van der Waals surface area (Å²) in [5.74, 6) is 1.50. The molecule has 0 spiro atoms. The predicted octanol–water partition coefficient (Wildman–Crippen LogP) is 1.16. The van der Waals surface area contributed by atoms with Crippen LogP contribution in [-0.4, -0.2) is 29.1 Å². The van der Waals surface area contributed by atoms with Gasteiger partial charge in [0.05, 0.1) is 20.2 Å². The maximum atomic E-state index is 11.8. The molecule has 20 heavy (non-hydrogen) atoms. The van der Waals surface area contributed by atoms with Gasteiger partial charge in [0.25, 0.3) is 0 Å². The zero-order chi connectivity index (χ0) is 14.4. The van der Waals surface area contributed by atoms with Crippen LogP contribution in [0.5, 0.6) is 5.75 Å². The molecule has 0 atom stereocenters. The van der Waals surface area contributed by atoms with E-state index in [0.717, 1.165) is 5.82 Å². The molecule has 0 saturated heterocycles. The van der Waals surface area contributed by atoms with E-state index >= 15 is 0 Å². The molecule has 1 aromatic carbocycles. The number of carbonyl (C=O) groups excluding carboxylic acids is 1. The van der Waals surface area contributed by atoms with E-state index in [1.165, 1.54) is 0 Å². The van der Waals surface area contributed by atoms with E-state index in [0.29, 0.717) is 18.0 Å². The first-order valence-corrected chi connectivity index (χ1v) is 6.30. The maximum Gasteiger partial charge on any atom is 0.238 e. The highest BCUT2D eigenvalue weighted by molar-refractivity contribution is 5.92. The summed E-state index contributed by atoms with van der Waals surface area (Å²) in [5.41, 5.74) is 0.716. The number of nitrogens with zero attached hydrogens (tertiary/aromatic N) is 2. The van der Waals surface area contributed by atoms with Crippen LogP contribution < -0.4 is 15.4 Å². The molecule has 1 aromatic heterocycles. The van der Waals surface area contributed by atoms with E-state index in [1.807, 2.05) is 36.0 Å². The number of aromatic nitrogens is 2. The molecule has 6 nitrogen and oxygen atoms in total. The van der Waals surface area contributed by atoms with Crippen molar-refractivity contribution >= 4 is 11.6 Å². The van der Waals surface area contributed by atoms with Crippen molar-refractivity contribution in [3.63, 3.8) is 0 Å². The lowest BCUT2D eigenvalue weighted by Crippen LogP contribution is -2.28. The van der Waals surface area contributed by atoms with Crippen molar-refractivity contribution in [3.8, 4) is 5.75 Å². The molecule has 0 unspecified atom stereocenters. The fraction of sp³-hybridized carbons (Fsp3) is 0.286. The number of rotatable bonds is 6. The summed E-state index contributed by atoms with van der Waals surface area (Å²) in [6.45, 7) is 0.777. The minimum Gasteiger partial charge on any atom is -0.497 e. The molecule has 1 heterocycles. The van der Waals surface area contributed by atoms with Gasteiger partial charge in [0.2, 0.25) is 5.91 Å². The molecule has 0 bridgehead atoms. The fourth-order valence-electron chi connectivity index (χ4n) is 1.76. The number of anilines is 1. The first-order valence-electron chi connectivity index (χ1n) is 6.30. The lowest BCUT2D eigenvalue weighted by Gasteiger charge is -2.08. The highest BCUT2D eigenvalue weighted by atomic mass is 16.5. The van der Waals surface area contributed by atoms with Crippen LogP contribution in [0.1, 0.15) is 5.82 Å². The van der Waals surface area contributed by atoms with Crippen LogP contribution in [0.4, 0.5) is 5.69 Å². The number of hydrogen-bond donors (Lipinski definition) is 2. The zero-order valence-corrected chi connectivity index (χ0v) is 11.6. The van der Waals surface area contributed by atoms with Gasteiger partial charge in [-0.05, 0) is 12.1 Å². The summed E-state index contributed by atoms with van der Waals surface area (Å²) in [4.78, 5) is 16.0. The van der Waals surface area contributed by atoms with E-state index in [9.17, 15) is 4.79 Å². The third-order valence-corrected chi connectivity index (χ3v) is 2.84. The summed E-state index contributed by atoms with van der Waals surface area (Å²) < 4.78 is 7.01. The Hall–Kier alpha value is -2.34. The molecule has 2 N–H and O–H groups in total. The molecule has 0 radical (unpaired) electrons. The van der Waals surface area contributed by atoms with Gasteiger partial charge in [-0.25, -0.2) is 4.98 Å². The Morgan fingerprint density at radius 1 is 1.45 bits per heavy atom. The van der Waals surface area contributed by atoms with E-state index in [-0.39, 0.29) is 12.5 Å². The average molecular weight is 274 g/mol. The van der Waals surface area contributed by atoms with Crippen LogP contribution in [0.2, 0.25) is 0 Å². The van der Waals surface area contributed by atoms with Crippen LogP contribution >= 0.6 is 0 Å². The minimum atomic E-state index is -0.104. The smallest absolute Gasteiger partial charge is 0.238 e. The molecule has 0 fully saturated rings. The maximum absolute atomic E-state index is 11.8. The number of hydrogen-bond acceptors (Lipinski definition) is 4. The number of imidazole rings is 1. The average Bonchev–Trinajstić information content (AvgIpc) is 2.85. The van der Waals surface area contributed by atoms with Gasteiger partial charge in [-0.15, -0.1) is 0 Å². The second-order valence-electron chi connectivity index (χ2n) is 4.34. The van der Waals surface area contributed by atoms with E-state index in [1.54, 1.807) is 19.4 Å². The first kappa shape index (κ1) is 14.1. The SMILES string of the molecule is COc1cccc(NC(=O)CNCc2nccn2C)c1. The first-order chi connectivity index (χ1) is 9.69. The number of amides is 1. The monoisotopic (exact) mass is 274 g/mol. The highest BCUT2D eigenvalue weighted by Crippen LogP contribution is 2.16. The van der Waals surface area contributed by atoms with E-state index in [4.69, 9.17) is 4.74 Å². The van der Waals surface area contributed by atoms with Crippen LogP contribution in [0.15, 0.2) is 36.7 Å². The van der Waals surface area contributed by atoms with E-state index in [2.05, 4.69) is 15.6 Å². The molecule has 0 aliphatic heterocycles. The lowest BCUT2D eigenvalue weighted by atomic mass is 10.3. The number of nitrogens with one attached hydrogen (secondary N) is 2. The largest absolute Gasteiger partial charge is 0.497 e. The Balaban J connectivity index is 1.79. The Morgan fingerprint density at radius 3 is 3.00 bits per heavy atom. The Labute approximate surface area is 117 Å². The van der Waals surface area contributed by atoms with Gasteiger partial charge in [0.1, 0.15) is 11.6 Å². The second-order valence-corrected chi connectivity index (χ2v) is 4.34. The van der Waals surface area contributed by atoms with Crippen molar-refractivity contribution in [1.82, 2.24) is 14.9 Å². The van der Waals surface area contributed by atoms with Crippen molar-refractivity contribution in [1.29, 1.82) is 0 Å². The summed E-state index contributed by atoms with van der Waals surface area (Å²) >= 11 is 0. The molecule has 0 aliphatic carbocycles. The van der Waals surface area contributed by atoms with Crippen molar-refractivity contribution < 1.29 is 9.53 Å². The van der Waals surface area contributed by atoms with Crippen LogP contribution in [0.25, 0.3) is 0 Å². The molecule has 0 saturated carbocycles. The van der Waals surface area contributed by atoms with Gasteiger partial charge in [-0.1, -0.05) is 6.07 Å². The summed E-state index contributed by atoms with van der Waals surface area (Å²) in [6, 6.07) is 7.25. The lowest BCUT2D eigenvalue weighted by molar-refractivity contribution is -0.115. The fourth-order valence-corrected chi connectivity index (χ4v) is 1.76. The van der Waals surface area contributed by atoms with Crippen molar-refractivity contribution in [2.24, 2.45) is 7.05 Å². The van der Waals surface area contributed by atoms with Crippen LogP contribution in [0.3, 0.4) is 0 Å². The molecule has 2 rings (SSSR count). The summed E-state index contributed by atoms with van der Waals surface area (Å²) in [7, 11) is 3.51. The minimum absolute atomic E-state index is 0.104. The number of carbonyl (C=O) groups is 1. The molecule has 1 amide bonds. The third kappa shape index (κ3) is 3.83. The molecule has 0 aliphatic rings. The second kappa shape index (κ2) is 6.72.